The number of nitrogens with two attached hydrogens (primary N) is 1. The summed E-state index contributed by atoms with van der Waals surface area (Å²) in [7, 11) is 1.19. The summed E-state index contributed by atoms with van der Waals surface area (Å²) in [6, 6.07) is 0.548. The highest BCUT2D eigenvalue weighted by atomic mass is 19.4. The van der Waals surface area contributed by atoms with Crippen LogP contribution in [0.5, 0.6) is 0 Å². The van der Waals surface area contributed by atoms with Crippen LogP contribution in [0.4, 0.5) is 38.1 Å². The van der Waals surface area contributed by atoms with Gasteiger partial charge in [-0.2, -0.15) is 31.3 Å². The molecule has 10 heteroatoms. The van der Waals surface area contributed by atoms with Gasteiger partial charge in [0.25, 0.3) is 0 Å². The van der Waals surface area contributed by atoms with E-state index in [1.807, 2.05) is 0 Å². The number of hydrogen-bond acceptors (Lipinski definition) is 4. The SMILES string of the molecule is CN(CCC(F)(F)F)c1cc(C(F)(F)F)nc(N)n1. The van der Waals surface area contributed by atoms with Crippen molar-refractivity contribution >= 4 is 11.8 Å². The van der Waals surface area contributed by atoms with Gasteiger partial charge in [-0.3, -0.25) is 0 Å². The van der Waals surface area contributed by atoms with Crippen molar-refractivity contribution in [3.8, 4) is 0 Å². The first-order chi connectivity index (χ1) is 8.49. The van der Waals surface area contributed by atoms with Gasteiger partial charge in [-0.25, -0.2) is 4.98 Å². The van der Waals surface area contributed by atoms with E-state index in [9.17, 15) is 26.3 Å². The molecular weight excluding hydrogens is 278 g/mol. The minimum Gasteiger partial charge on any atom is -0.368 e. The van der Waals surface area contributed by atoms with Gasteiger partial charge in [-0.15, -0.1) is 0 Å². The van der Waals surface area contributed by atoms with E-state index >= 15 is 0 Å². The average Bonchev–Trinajstić information content (AvgIpc) is 2.22. The average molecular weight is 288 g/mol. The zero-order chi connectivity index (χ0) is 14.8. The van der Waals surface area contributed by atoms with Crippen molar-refractivity contribution in [3.05, 3.63) is 11.8 Å². The summed E-state index contributed by atoms with van der Waals surface area (Å²) in [5, 5.41) is 0. The summed E-state index contributed by atoms with van der Waals surface area (Å²) < 4.78 is 73.4. The topological polar surface area (TPSA) is 55.0 Å². The molecule has 1 rings (SSSR count). The highest BCUT2D eigenvalue weighted by Crippen LogP contribution is 2.30. The monoisotopic (exact) mass is 288 g/mol. The molecule has 0 aliphatic rings. The Kier molecular flexibility index (Phi) is 4.11. The van der Waals surface area contributed by atoms with Crippen molar-refractivity contribution in [2.75, 3.05) is 24.2 Å². The standard InChI is InChI=1S/C9H10F6N4/c1-19(3-2-8(10,11)12)6-4-5(9(13,14)15)17-7(16)18-6/h4H,2-3H2,1H3,(H2,16,17,18). The van der Waals surface area contributed by atoms with E-state index in [0.717, 1.165) is 4.90 Å². The number of nitrogens with zero attached hydrogens (tertiary/aromatic N) is 3. The van der Waals surface area contributed by atoms with Crippen molar-refractivity contribution in [1.29, 1.82) is 0 Å². The predicted octanol–water partition coefficient (Wildman–Crippen LogP) is 2.47. The second-order valence-electron chi connectivity index (χ2n) is 3.75. The van der Waals surface area contributed by atoms with Crippen LogP contribution in [0.2, 0.25) is 0 Å². The molecule has 0 aliphatic carbocycles. The van der Waals surface area contributed by atoms with Crippen LogP contribution in [0.1, 0.15) is 12.1 Å². The van der Waals surface area contributed by atoms with Crippen molar-refractivity contribution in [2.45, 2.75) is 18.8 Å². The van der Waals surface area contributed by atoms with E-state index in [1.54, 1.807) is 0 Å². The third kappa shape index (κ3) is 4.79. The number of nitrogen functional groups attached to an aromatic ring is 1. The Balaban J connectivity index is 2.91. The Hall–Kier alpha value is -1.74. The summed E-state index contributed by atoms with van der Waals surface area (Å²) in [6.07, 6.45) is -10.3. The fourth-order valence-corrected chi connectivity index (χ4v) is 1.20. The van der Waals surface area contributed by atoms with Gasteiger partial charge in [-0.05, 0) is 0 Å². The molecule has 0 fully saturated rings. The van der Waals surface area contributed by atoms with Gasteiger partial charge in [0.15, 0.2) is 5.69 Å². The molecule has 1 aromatic rings. The van der Waals surface area contributed by atoms with Gasteiger partial charge in [0.05, 0.1) is 6.42 Å². The molecule has 0 aromatic carbocycles. The van der Waals surface area contributed by atoms with Crippen LogP contribution in [-0.2, 0) is 6.18 Å². The Morgan fingerprint density at radius 3 is 2.21 bits per heavy atom. The van der Waals surface area contributed by atoms with E-state index in [0.29, 0.717) is 6.07 Å². The molecule has 0 aliphatic heterocycles. The first-order valence-electron chi connectivity index (χ1n) is 4.98. The molecule has 0 atom stereocenters. The third-order valence-electron chi connectivity index (χ3n) is 2.14. The van der Waals surface area contributed by atoms with E-state index in [2.05, 4.69) is 9.97 Å². The Morgan fingerprint density at radius 2 is 1.74 bits per heavy atom. The lowest BCUT2D eigenvalue weighted by molar-refractivity contribution is -0.141. The Labute approximate surface area is 104 Å². The largest absolute Gasteiger partial charge is 0.433 e. The van der Waals surface area contributed by atoms with E-state index in [-0.39, 0.29) is 5.82 Å². The number of aromatic nitrogens is 2. The van der Waals surface area contributed by atoms with Gasteiger partial charge in [0, 0.05) is 19.7 Å². The molecular formula is C9H10F6N4. The van der Waals surface area contributed by atoms with Gasteiger partial charge in [0.1, 0.15) is 5.82 Å². The molecule has 2 N–H and O–H groups in total. The van der Waals surface area contributed by atoms with E-state index in [4.69, 9.17) is 5.73 Å². The molecule has 19 heavy (non-hydrogen) atoms. The number of halogens is 6. The highest BCUT2D eigenvalue weighted by Gasteiger charge is 2.34. The van der Waals surface area contributed by atoms with Crippen LogP contribution < -0.4 is 10.6 Å². The summed E-state index contributed by atoms with van der Waals surface area (Å²) >= 11 is 0. The molecule has 1 aromatic heterocycles. The van der Waals surface area contributed by atoms with Crippen molar-refractivity contribution in [1.82, 2.24) is 9.97 Å². The normalized spacial score (nSPS) is 12.6. The smallest absolute Gasteiger partial charge is 0.368 e. The maximum absolute atomic E-state index is 12.4. The number of alkyl halides is 6. The maximum Gasteiger partial charge on any atom is 0.433 e. The molecule has 0 bridgehead atoms. The van der Waals surface area contributed by atoms with Gasteiger partial charge < -0.3 is 10.6 Å². The summed E-state index contributed by atoms with van der Waals surface area (Å²) in [4.78, 5) is 7.39. The van der Waals surface area contributed by atoms with Gasteiger partial charge in [0.2, 0.25) is 5.95 Å². The fraction of sp³-hybridized carbons (Fsp3) is 0.556. The summed E-state index contributed by atoms with van der Waals surface area (Å²) in [6.45, 7) is -0.531. The quantitative estimate of drug-likeness (QED) is 0.868. The molecule has 0 unspecified atom stereocenters. The fourth-order valence-electron chi connectivity index (χ4n) is 1.20. The molecule has 0 spiro atoms. The molecule has 108 valence electrons. The summed E-state index contributed by atoms with van der Waals surface area (Å²) in [5.41, 5.74) is 3.81. The van der Waals surface area contributed by atoms with Gasteiger partial charge in [-0.1, -0.05) is 0 Å². The van der Waals surface area contributed by atoms with Crippen molar-refractivity contribution in [2.24, 2.45) is 0 Å². The highest BCUT2D eigenvalue weighted by molar-refractivity contribution is 5.43. The lowest BCUT2D eigenvalue weighted by atomic mass is 10.3. The van der Waals surface area contributed by atoms with Crippen LogP contribution in [-0.4, -0.2) is 29.7 Å². The molecule has 0 saturated heterocycles. The van der Waals surface area contributed by atoms with Crippen LogP contribution in [0, 0.1) is 0 Å². The second-order valence-corrected chi connectivity index (χ2v) is 3.75. The number of anilines is 2. The molecule has 0 amide bonds. The summed E-state index contributed by atoms with van der Waals surface area (Å²) in [5.74, 6) is -0.965. The zero-order valence-corrected chi connectivity index (χ0v) is 9.68. The lowest BCUT2D eigenvalue weighted by Gasteiger charge is -2.20. The minimum atomic E-state index is -4.74. The van der Waals surface area contributed by atoms with E-state index < -0.39 is 37.0 Å². The van der Waals surface area contributed by atoms with E-state index in [1.165, 1.54) is 7.05 Å². The maximum atomic E-state index is 12.4. The molecule has 1 heterocycles. The van der Waals surface area contributed by atoms with Gasteiger partial charge >= 0.3 is 12.4 Å². The zero-order valence-electron chi connectivity index (χ0n) is 9.68. The van der Waals surface area contributed by atoms with Crippen LogP contribution in [0.25, 0.3) is 0 Å². The lowest BCUT2D eigenvalue weighted by Crippen LogP contribution is -2.26. The predicted molar refractivity (Wildman–Crippen MR) is 55.4 cm³/mol. The Bertz CT molecular complexity index is 441. The first-order valence-corrected chi connectivity index (χ1v) is 4.98. The molecule has 0 radical (unpaired) electrons. The minimum absolute atomic E-state index is 0.316. The van der Waals surface area contributed by atoms with Crippen LogP contribution in [0.3, 0.4) is 0 Å². The first kappa shape index (κ1) is 15.3. The molecule has 4 nitrogen and oxygen atoms in total. The van der Waals surface area contributed by atoms with Crippen LogP contribution >= 0.6 is 0 Å². The number of rotatable bonds is 3. The van der Waals surface area contributed by atoms with Crippen LogP contribution in [0.15, 0.2) is 6.07 Å². The van der Waals surface area contributed by atoms with Crippen molar-refractivity contribution in [3.63, 3.8) is 0 Å². The third-order valence-corrected chi connectivity index (χ3v) is 2.14. The van der Waals surface area contributed by atoms with Crippen molar-refractivity contribution < 1.29 is 26.3 Å². The Morgan fingerprint density at radius 1 is 1.16 bits per heavy atom. The molecule has 0 saturated carbocycles. The second kappa shape index (κ2) is 5.10. The number of hydrogen-bond donors (Lipinski definition) is 1.